The van der Waals surface area contributed by atoms with E-state index in [0.29, 0.717) is 3.67 Å². The van der Waals surface area contributed by atoms with E-state index in [1.807, 2.05) is 0 Å². The van der Waals surface area contributed by atoms with Crippen LogP contribution in [0.4, 0.5) is 0 Å². The van der Waals surface area contributed by atoms with E-state index in [-0.39, 0.29) is 0 Å². The first-order chi connectivity index (χ1) is 4.00. The van der Waals surface area contributed by atoms with Gasteiger partial charge in [-0.3, -0.25) is 0 Å². The van der Waals surface area contributed by atoms with Gasteiger partial charge in [-0.15, -0.1) is 10.1 Å². The Morgan fingerprint density at radius 3 is 1.89 bits per heavy atom. The fourth-order valence-electron chi connectivity index (χ4n) is 0. The molecule has 9 heavy (non-hydrogen) atoms. The number of rotatable bonds is 1. The number of carboxylic acids is 1. The third-order valence-electron chi connectivity index (χ3n) is 0.302. The molecule has 0 fully saturated rings. The first-order valence-corrected chi connectivity index (χ1v) is 3.47. The molecule has 7 heteroatoms. The number of carboxylic acid groups (broad SMARTS) is 1. The van der Waals surface area contributed by atoms with Crippen LogP contribution in [-0.2, 0) is 4.79 Å². The van der Waals surface area contributed by atoms with Crippen LogP contribution < -0.4 is 0 Å². The molecule has 0 aromatic carbocycles. The van der Waals surface area contributed by atoms with Gasteiger partial charge in [0, 0.05) is 0 Å². The summed E-state index contributed by atoms with van der Waals surface area (Å²) < 4.78 is 0.361. The topological polar surface area (TPSA) is 101 Å². The average Bonchev–Trinajstić information content (AvgIpc) is 1.65. The molecule has 0 aromatic rings. The van der Waals surface area contributed by atoms with E-state index in [1.165, 1.54) is 0 Å². The van der Waals surface area contributed by atoms with Crippen molar-refractivity contribution in [2.45, 2.75) is 3.67 Å². The molecule has 0 radical (unpaired) electrons. The second kappa shape index (κ2) is 7.67. The van der Waals surface area contributed by atoms with Gasteiger partial charge in [0.1, 0.15) is 0 Å². The van der Waals surface area contributed by atoms with Crippen molar-refractivity contribution in [2.75, 3.05) is 0 Å². The zero-order chi connectivity index (χ0) is 7.86. The first-order valence-electron chi connectivity index (χ1n) is 2.05. The van der Waals surface area contributed by atoms with Gasteiger partial charge in [0.2, 0.25) is 0 Å². The van der Waals surface area contributed by atoms with Crippen LogP contribution in [0.1, 0.15) is 0 Å². The smallest absolute Gasteiger partial charge is 0.291 e. The molecule has 0 saturated heterocycles. The van der Waals surface area contributed by atoms with Crippen LogP contribution in [0.25, 0.3) is 0 Å². The molecule has 0 amide bonds. The van der Waals surface area contributed by atoms with Gasteiger partial charge in [0.25, 0.3) is 5.09 Å². The molecular formula is C2H4NNaO5. The maximum atomic E-state index is 9.40. The van der Waals surface area contributed by atoms with Gasteiger partial charge in [-0.1, -0.05) is 0 Å². The van der Waals surface area contributed by atoms with E-state index in [2.05, 4.69) is 0 Å². The van der Waals surface area contributed by atoms with E-state index in [4.69, 9.17) is 20.4 Å². The Kier molecular flexibility index (Phi) is 9.77. The molecule has 0 unspecified atom stereocenters. The minimum Gasteiger partial charge on any atom is -0.328 e. The minimum absolute atomic E-state index is 0.361. The third kappa shape index (κ3) is 88.4. The second-order valence-corrected chi connectivity index (χ2v) is 1.69. The van der Waals surface area contributed by atoms with Crippen molar-refractivity contribution in [2.24, 2.45) is 0 Å². The van der Waals surface area contributed by atoms with Crippen LogP contribution in [0.3, 0.4) is 0 Å². The summed E-state index contributed by atoms with van der Waals surface area (Å²) in [6, 6.07) is 0. The van der Waals surface area contributed by atoms with E-state index >= 15 is 0 Å². The Labute approximate surface area is 68.0 Å². The molecule has 0 aliphatic carbocycles. The molecule has 0 rings (SSSR count). The van der Waals surface area contributed by atoms with E-state index in [1.54, 1.807) is 0 Å². The molecular weight excluding hydrogens is 141 g/mol. The molecule has 0 aromatic heterocycles. The van der Waals surface area contributed by atoms with E-state index < -0.39 is 11.1 Å². The van der Waals surface area contributed by atoms with Crippen LogP contribution in [0.2, 0.25) is 3.67 Å². The van der Waals surface area contributed by atoms with Crippen molar-refractivity contribution in [3.8, 4) is 0 Å². The summed E-state index contributed by atoms with van der Waals surface area (Å²) in [6.07, 6.45) is 0. The van der Waals surface area contributed by atoms with E-state index in [0.717, 1.165) is 27.9 Å². The predicted octanol–water partition coefficient (Wildman–Crippen LogP) is -0.690. The fourth-order valence-corrected chi connectivity index (χ4v) is 0. The van der Waals surface area contributed by atoms with Gasteiger partial charge in [-0.25, -0.2) is 0 Å². The van der Waals surface area contributed by atoms with Gasteiger partial charge in [0.15, 0.2) is 0 Å². The van der Waals surface area contributed by atoms with Gasteiger partial charge >= 0.3 is 47.5 Å². The second-order valence-electron chi connectivity index (χ2n) is 0.985. The monoisotopic (exact) mass is 145 g/mol. The van der Waals surface area contributed by atoms with Gasteiger partial charge in [-0.2, -0.15) is 0 Å². The Bertz CT molecular complexity index is 99.1. The summed E-state index contributed by atoms with van der Waals surface area (Å²) in [5, 5.41) is 21.4. The minimum atomic E-state index is -1.50. The van der Waals surface area contributed by atoms with Crippen molar-refractivity contribution in [3.63, 3.8) is 0 Å². The van der Waals surface area contributed by atoms with Crippen molar-refractivity contribution in [3.05, 3.63) is 10.1 Å². The summed E-state index contributed by atoms with van der Waals surface area (Å²) >= 11 is 0.774. The number of aliphatic carboxylic acids is 1. The summed E-state index contributed by atoms with van der Waals surface area (Å²) in [6.45, 7) is 0. The quantitative estimate of drug-likeness (QED) is 0.289. The largest absolute Gasteiger partial charge is 0.328 e. The van der Waals surface area contributed by atoms with E-state index in [9.17, 15) is 4.79 Å². The van der Waals surface area contributed by atoms with Gasteiger partial charge < -0.3 is 5.21 Å². The molecule has 0 bridgehead atoms. The number of hydrogen-bond acceptors (Lipinski definition) is 3. The fraction of sp³-hybridized carbons (Fsp3) is 0.500. The Morgan fingerprint density at radius 2 is 1.89 bits per heavy atom. The van der Waals surface area contributed by atoms with Crippen LogP contribution >= 0.6 is 0 Å². The predicted molar refractivity (Wildman–Crippen MR) is 27.0 cm³/mol. The Hall–Kier alpha value is -0.330. The Morgan fingerprint density at radius 1 is 1.78 bits per heavy atom. The van der Waals surface area contributed by atoms with Crippen molar-refractivity contribution >= 4 is 33.9 Å². The summed E-state index contributed by atoms with van der Waals surface area (Å²) in [4.78, 5) is 17.8. The molecule has 0 spiro atoms. The Balaban J connectivity index is 0. The number of nitrogens with zero attached hydrogens (tertiary/aromatic N) is 1. The molecule has 0 heterocycles. The molecule has 0 saturated carbocycles. The zero-order valence-electron chi connectivity index (χ0n) is 4.77. The maximum Gasteiger partial charge on any atom is 0.291 e. The van der Waals surface area contributed by atoms with Crippen molar-refractivity contribution < 1.29 is 20.2 Å². The molecule has 0 aliphatic rings. The van der Waals surface area contributed by atoms with Crippen molar-refractivity contribution in [1.29, 1.82) is 0 Å². The normalized spacial score (nSPS) is 6.89. The van der Waals surface area contributed by atoms with Gasteiger partial charge in [0.05, 0.1) is 0 Å². The van der Waals surface area contributed by atoms with Crippen LogP contribution in [-0.4, -0.2) is 49.3 Å². The first kappa shape index (κ1) is 11.5. The zero-order valence-corrected chi connectivity index (χ0v) is 6.77. The third-order valence-corrected chi connectivity index (χ3v) is 0.907. The number of hydrogen-bond donors (Lipinski definition) is 2. The molecule has 6 nitrogen and oxygen atoms in total. The van der Waals surface area contributed by atoms with Crippen LogP contribution in [0.15, 0.2) is 0 Å². The maximum absolute atomic E-state index is 9.40. The SMILES string of the molecule is O=C(O)[CH2][Na].O=[N+]([O-])O. The van der Waals surface area contributed by atoms with Crippen LogP contribution in [0.5, 0.6) is 0 Å². The van der Waals surface area contributed by atoms with Gasteiger partial charge in [-0.05, 0) is 0 Å². The number of carbonyl (C=O) groups is 1. The standard InChI is InChI=1S/C2H3O2.HNO3.Na/c1-2(3)4;2-1(3)4;/h1H2,(H,3,4);(H,2,3,4);. The molecule has 0 aliphatic heterocycles. The molecule has 2 N–H and O–H groups in total. The molecule has 48 valence electrons. The van der Waals surface area contributed by atoms with Crippen LogP contribution in [0, 0.1) is 10.1 Å². The van der Waals surface area contributed by atoms with Crippen molar-refractivity contribution in [1.82, 2.24) is 0 Å². The molecule has 0 atom stereocenters. The average molecular weight is 145 g/mol. The summed E-state index contributed by atoms with van der Waals surface area (Å²) in [5.41, 5.74) is 0. The summed E-state index contributed by atoms with van der Waals surface area (Å²) in [7, 11) is 0. The summed E-state index contributed by atoms with van der Waals surface area (Å²) in [5.74, 6) is -0.684.